The molecule has 2 rings (SSSR count). The summed E-state index contributed by atoms with van der Waals surface area (Å²) < 4.78 is 0. The number of rotatable bonds is 13. The maximum atomic E-state index is 13.3. The van der Waals surface area contributed by atoms with Gasteiger partial charge in [0.2, 0.25) is 23.6 Å². The molecule has 0 fully saturated rings. The van der Waals surface area contributed by atoms with Crippen LogP contribution in [0.2, 0.25) is 0 Å². The Morgan fingerprint density at radius 2 is 1.67 bits per heavy atom. The third-order valence-corrected chi connectivity index (χ3v) is 6.01. The lowest BCUT2D eigenvalue weighted by Crippen LogP contribution is -2.58. The summed E-state index contributed by atoms with van der Waals surface area (Å²) in [6.45, 7) is 4.80. The van der Waals surface area contributed by atoms with E-state index >= 15 is 0 Å². The zero-order chi connectivity index (χ0) is 26.8. The van der Waals surface area contributed by atoms with E-state index in [1.807, 2.05) is 31.2 Å². The number of aromatic amines is 1. The van der Waals surface area contributed by atoms with E-state index in [-0.39, 0.29) is 25.2 Å². The van der Waals surface area contributed by atoms with Crippen LogP contribution in [0.4, 0.5) is 0 Å². The van der Waals surface area contributed by atoms with Crippen molar-refractivity contribution in [3.8, 4) is 0 Å². The molecule has 2 unspecified atom stereocenters. The van der Waals surface area contributed by atoms with Crippen LogP contribution in [0.1, 0.15) is 45.6 Å². The molecule has 4 atom stereocenters. The van der Waals surface area contributed by atoms with E-state index in [1.165, 1.54) is 6.92 Å². The Kier molecular flexibility index (Phi) is 10.4. The Balaban J connectivity index is 2.34. The fourth-order valence-electron chi connectivity index (χ4n) is 3.83. The molecule has 0 aliphatic rings. The number of para-hydroxylation sites is 1. The lowest BCUT2D eigenvalue weighted by Gasteiger charge is -2.27. The highest BCUT2D eigenvalue weighted by Crippen LogP contribution is 2.19. The van der Waals surface area contributed by atoms with E-state index < -0.39 is 47.7 Å². The predicted molar refractivity (Wildman–Crippen MR) is 131 cm³/mol. The number of carbonyl (C=O) groups is 5. The van der Waals surface area contributed by atoms with Gasteiger partial charge in [0, 0.05) is 36.9 Å². The smallest absolute Gasteiger partial charge is 0.266 e. The molecule has 0 radical (unpaired) electrons. The lowest BCUT2D eigenvalue weighted by atomic mass is 9.97. The molecule has 0 aliphatic carbocycles. The number of hydrogen-bond acceptors (Lipinski definition) is 6. The third kappa shape index (κ3) is 7.80. The van der Waals surface area contributed by atoms with Crippen molar-refractivity contribution >= 4 is 40.4 Å². The molecule has 1 heterocycles. The van der Waals surface area contributed by atoms with Crippen molar-refractivity contribution in [2.24, 2.45) is 11.7 Å². The second-order valence-electron chi connectivity index (χ2n) is 8.73. The zero-order valence-electron chi connectivity index (χ0n) is 20.6. The first-order valence-electron chi connectivity index (χ1n) is 11.7. The molecule has 1 aromatic heterocycles. The Morgan fingerprint density at radius 3 is 2.28 bits per heavy atom. The minimum Gasteiger partial charge on any atom is -0.370 e. The van der Waals surface area contributed by atoms with Gasteiger partial charge in [-0.3, -0.25) is 29.2 Å². The highest BCUT2D eigenvalue weighted by atomic mass is 16.5. The minimum absolute atomic E-state index is 0.0510. The summed E-state index contributed by atoms with van der Waals surface area (Å²) in [6, 6.07) is 4.15. The summed E-state index contributed by atoms with van der Waals surface area (Å²) >= 11 is 0. The van der Waals surface area contributed by atoms with Gasteiger partial charge in [-0.2, -0.15) is 0 Å². The molecule has 0 saturated carbocycles. The van der Waals surface area contributed by atoms with Crippen LogP contribution in [0, 0.1) is 5.92 Å². The van der Waals surface area contributed by atoms with Crippen LogP contribution in [0.15, 0.2) is 30.5 Å². The Morgan fingerprint density at radius 1 is 1.00 bits per heavy atom. The second kappa shape index (κ2) is 13.2. The molecule has 0 bridgehead atoms. The SMILES string of the molecule is CCC(C)C(NC(=O)[C@H](Cc1c[nH]c2ccccc12)NC(=O)[C@H](CCC(N)=O)NC(C)=O)C(=O)NO. The van der Waals surface area contributed by atoms with Crippen LogP contribution in [0.3, 0.4) is 0 Å². The van der Waals surface area contributed by atoms with Crippen molar-refractivity contribution in [1.82, 2.24) is 26.4 Å². The van der Waals surface area contributed by atoms with Crippen LogP contribution < -0.4 is 27.2 Å². The van der Waals surface area contributed by atoms with E-state index in [0.29, 0.717) is 6.42 Å². The van der Waals surface area contributed by atoms with Crippen molar-refractivity contribution in [1.29, 1.82) is 0 Å². The van der Waals surface area contributed by atoms with Crippen LogP contribution >= 0.6 is 0 Å². The average molecular weight is 503 g/mol. The van der Waals surface area contributed by atoms with Crippen molar-refractivity contribution in [3.63, 3.8) is 0 Å². The van der Waals surface area contributed by atoms with E-state index in [4.69, 9.17) is 10.9 Å². The molecule has 36 heavy (non-hydrogen) atoms. The van der Waals surface area contributed by atoms with Gasteiger partial charge in [-0.1, -0.05) is 38.5 Å². The van der Waals surface area contributed by atoms with Gasteiger partial charge in [-0.15, -0.1) is 0 Å². The molecular formula is C24H34N6O6. The van der Waals surface area contributed by atoms with Gasteiger partial charge < -0.3 is 26.7 Å². The quantitative estimate of drug-likeness (QED) is 0.149. The average Bonchev–Trinajstić information content (AvgIpc) is 3.25. The first-order chi connectivity index (χ1) is 17.1. The van der Waals surface area contributed by atoms with E-state index in [9.17, 15) is 24.0 Å². The van der Waals surface area contributed by atoms with E-state index in [2.05, 4.69) is 20.9 Å². The monoisotopic (exact) mass is 502 g/mol. The van der Waals surface area contributed by atoms with Gasteiger partial charge in [0.05, 0.1) is 0 Å². The molecule has 196 valence electrons. The third-order valence-electron chi connectivity index (χ3n) is 6.01. The summed E-state index contributed by atoms with van der Waals surface area (Å²) in [5, 5.41) is 17.7. The Labute approximate surface area is 208 Å². The molecular weight excluding hydrogens is 468 g/mol. The first kappa shape index (κ1) is 28.3. The molecule has 2 aromatic rings. The summed E-state index contributed by atoms with van der Waals surface area (Å²) in [5.41, 5.74) is 8.34. The fraction of sp³-hybridized carbons (Fsp3) is 0.458. The summed E-state index contributed by atoms with van der Waals surface area (Å²) in [4.78, 5) is 64.6. The maximum absolute atomic E-state index is 13.3. The van der Waals surface area contributed by atoms with Crippen molar-refractivity contribution < 1.29 is 29.2 Å². The van der Waals surface area contributed by atoms with Crippen LogP contribution in [-0.4, -0.2) is 57.9 Å². The molecule has 8 N–H and O–H groups in total. The summed E-state index contributed by atoms with van der Waals surface area (Å²) in [7, 11) is 0. The number of nitrogens with one attached hydrogen (secondary N) is 5. The topological polar surface area (TPSA) is 196 Å². The van der Waals surface area contributed by atoms with Gasteiger partial charge in [-0.25, -0.2) is 5.48 Å². The van der Waals surface area contributed by atoms with Gasteiger partial charge in [-0.05, 0) is 24.0 Å². The van der Waals surface area contributed by atoms with Gasteiger partial charge in [0.15, 0.2) is 0 Å². The van der Waals surface area contributed by atoms with Crippen LogP contribution in [-0.2, 0) is 30.4 Å². The molecule has 1 aromatic carbocycles. The number of aromatic nitrogens is 1. The Hall–Kier alpha value is -3.93. The first-order valence-corrected chi connectivity index (χ1v) is 11.7. The molecule has 0 saturated heterocycles. The highest BCUT2D eigenvalue weighted by molar-refractivity contribution is 5.95. The number of hydrogen-bond donors (Lipinski definition) is 7. The van der Waals surface area contributed by atoms with Crippen molar-refractivity contribution in [3.05, 3.63) is 36.0 Å². The number of amides is 5. The highest BCUT2D eigenvalue weighted by Gasteiger charge is 2.32. The molecule has 0 aliphatic heterocycles. The van der Waals surface area contributed by atoms with Gasteiger partial charge >= 0.3 is 0 Å². The number of benzene rings is 1. The fourth-order valence-corrected chi connectivity index (χ4v) is 3.83. The molecule has 0 spiro atoms. The number of nitrogens with two attached hydrogens (primary N) is 1. The van der Waals surface area contributed by atoms with Crippen molar-refractivity contribution in [2.75, 3.05) is 0 Å². The second-order valence-corrected chi connectivity index (χ2v) is 8.73. The standard InChI is InChI=1S/C24H34N6O6/c1-4-13(2)21(24(35)30-36)29-23(34)19(11-15-12-26-17-8-6-5-7-16(15)17)28-22(33)18(27-14(3)31)9-10-20(25)32/h5-8,12-13,18-19,21,26,36H,4,9-11H2,1-3H3,(H2,25,32)(H,27,31)(H,28,33)(H,29,34)(H,30,35)/t13?,18-,19-,21?/m0/s1. The molecule has 12 nitrogen and oxygen atoms in total. The zero-order valence-corrected chi connectivity index (χ0v) is 20.6. The number of primary amides is 1. The lowest BCUT2D eigenvalue weighted by molar-refractivity contribution is -0.137. The number of hydroxylamine groups is 1. The van der Waals surface area contributed by atoms with E-state index in [1.54, 1.807) is 18.6 Å². The van der Waals surface area contributed by atoms with Gasteiger partial charge in [0.25, 0.3) is 5.91 Å². The minimum atomic E-state index is -1.14. The number of carbonyl (C=O) groups excluding carboxylic acids is 5. The maximum Gasteiger partial charge on any atom is 0.266 e. The summed E-state index contributed by atoms with van der Waals surface area (Å²) in [6.07, 6.45) is 2.13. The largest absolute Gasteiger partial charge is 0.370 e. The number of fused-ring (bicyclic) bond motifs is 1. The van der Waals surface area contributed by atoms with Crippen LogP contribution in [0.25, 0.3) is 10.9 Å². The summed E-state index contributed by atoms with van der Waals surface area (Å²) in [5.74, 6) is -3.57. The number of H-pyrrole nitrogens is 1. The molecule has 5 amide bonds. The van der Waals surface area contributed by atoms with Crippen molar-refractivity contribution in [2.45, 2.75) is 64.6 Å². The predicted octanol–water partition coefficient (Wildman–Crippen LogP) is 0.00170. The Bertz CT molecular complexity index is 1100. The van der Waals surface area contributed by atoms with E-state index in [0.717, 1.165) is 16.5 Å². The normalized spacial score (nSPS) is 14.2. The van der Waals surface area contributed by atoms with Gasteiger partial charge in [0.1, 0.15) is 18.1 Å². The molecule has 12 heteroatoms. The van der Waals surface area contributed by atoms with Crippen LogP contribution in [0.5, 0.6) is 0 Å².